The van der Waals surface area contributed by atoms with Gasteiger partial charge in [0.25, 0.3) is 11.7 Å². The lowest BCUT2D eigenvalue weighted by Crippen LogP contribution is -2.35. The van der Waals surface area contributed by atoms with E-state index in [2.05, 4.69) is 0 Å². The Labute approximate surface area is 95.5 Å². The van der Waals surface area contributed by atoms with Crippen molar-refractivity contribution < 1.29 is 23.5 Å². The molecular weight excluding hydrogens is 232 g/mol. The summed E-state index contributed by atoms with van der Waals surface area (Å²) in [6, 6.07) is 1.49. The van der Waals surface area contributed by atoms with E-state index in [4.69, 9.17) is 0 Å². The average molecular weight is 241 g/mol. The first kappa shape index (κ1) is 11.7. The Hall–Kier alpha value is -1.82. The fourth-order valence-electron chi connectivity index (χ4n) is 1.73. The molecule has 1 atom stereocenters. The van der Waals surface area contributed by atoms with Crippen LogP contribution in [-0.2, 0) is 4.79 Å². The number of rotatable bonds is 2. The predicted octanol–water partition coefficient (Wildman–Crippen LogP) is 0.875. The van der Waals surface area contributed by atoms with Crippen molar-refractivity contribution in [3.05, 3.63) is 29.3 Å². The highest BCUT2D eigenvalue weighted by Crippen LogP contribution is 2.30. The molecule has 1 aliphatic rings. The second kappa shape index (κ2) is 3.89. The zero-order chi connectivity index (χ0) is 12.7. The molecule has 0 aliphatic carbocycles. The van der Waals surface area contributed by atoms with Crippen molar-refractivity contribution in [2.24, 2.45) is 0 Å². The lowest BCUT2D eigenvalue weighted by atomic mass is 10.1. The van der Waals surface area contributed by atoms with E-state index in [1.165, 1.54) is 6.92 Å². The van der Waals surface area contributed by atoms with Crippen LogP contribution >= 0.6 is 0 Å². The maximum atomic E-state index is 13.1. The molecule has 0 saturated carbocycles. The van der Waals surface area contributed by atoms with Gasteiger partial charge in [-0.3, -0.25) is 9.59 Å². The second-order valence-electron chi connectivity index (χ2n) is 3.88. The van der Waals surface area contributed by atoms with Crippen molar-refractivity contribution in [2.75, 3.05) is 11.4 Å². The third kappa shape index (κ3) is 1.80. The summed E-state index contributed by atoms with van der Waals surface area (Å²) in [5.74, 6) is -4.09. The monoisotopic (exact) mass is 241 g/mol. The SMILES string of the molecule is CC(O)CN1C(=O)C(=O)c2cc(F)c(F)cc21. The number of carbonyl (C=O) groups excluding carboxylic acids is 2. The first-order chi connectivity index (χ1) is 7.91. The van der Waals surface area contributed by atoms with Gasteiger partial charge >= 0.3 is 0 Å². The molecule has 1 heterocycles. The number of Topliss-reactive ketones (excluding diaryl/α,β-unsaturated/α-hetero) is 1. The van der Waals surface area contributed by atoms with Gasteiger partial charge < -0.3 is 10.0 Å². The molecule has 1 amide bonds. The van der Waals surface area contributed by atoms with Gasteiger partial charge in [0.1, 0.15) is 0 Å². The lowest BCUT2D eigenvalue weighted by molar-refractivity contribution is -0.114. The summed E-state index contributed by atoms with van der Waals surface area (Å²) in [5, 5.41) is 9.19. The molecule has 0 fully saturated rings. The third-order valence-corrected chi connectivity index (χ3v) is 2.46. The Morgan fingerprint density at radius 2 is 1.88 bits per heavy atom. The molecule has 90 valence electrons. The number of halogens is 2. The molecule has 0 saturated heterocycles. The summed E-state index contributed by atoms with van der Waals surface area (Å²) < 4.78 is 26.0. The maximum absolute atomic E-state index is 13.1. The predicted molar refractivity (Wildman–Crippen MR) is 54.7 cm³/mol. The van der Waals surface area contributed by atoms with Gasteiger partial charge in [0.05, 0.1) is 23.9 Å². The van der Waals surface area contributed by atoms with E-state index in [0.29, 0.717) is 6.07 Å². The van der Waals surface area contributed by atoms with E-state index < -0.39 is 29.4 Å². The number of fused-ring (bicyclic) bond motifs is 1. The van der Waals surface area contributed by atoms with E-state index in [1.54, 1.807) is 0 Å². The number of nitrogens with zero attached hydrogens (tertiary/aromatic N) is 1. The van der Waals surface area contributed by atoms with Crippen molar-refractivity contribution >= 4 is 17.4 Å². The summed E-state index contributed by atoms with van der Waals surface area (Å²) in [4.78, 5) is 24.0. The summed E-state index contributed by atoms with van der Waals surface area (Å²) in [6.07, 6.45) is -0.870. The molecule has 0 radical (unpaired) electrons. The Morgan fingerprint density at radius 3 is 2.47 bits per heavy atom. The van der Waals surface area contributed by atoms with Gasteiger partial charge in [0.2, 0.25) is 0 Å². The van der Waals surface area contributed by atoms with Crippen molar-refractivity contribution in [1.82, 2.24) is 0 Å². The minimum atomic E-state index is -1.18. The summed E-state index contributed by atoms with van der Waals surface area (Å²) in [6.45, 7) is 1.29. The highest BCUT2D eigenvalue weighted by molar-refractivity contribution is 6.52. The molecular formula is C11H9F2NO3. The number of hydrogen-bond donors (Lipinski definition) is 1. The molecule has 17 heavy (non-hydrogen) atoms. The van der Waals surface area contributed by atoms with Crippen LogP contribution in [0, 0.1) is 11.6 Å². The lowest BCUT2D eigenvalue weighted by Gasteiger charge is -2.17. The van der Waals surface area contributed by atoms with Crippen molar-refractivity contribution in [3.8, 4) is 0 Å². The Bertz CT molecular complexity index is 514. The van der Waals surface area contributed by atoms with Crippen LogP contribution in [0.4, 0.5) is 14.5 Å². The van der Waals surface area contributed by atoms with Gasteiger partial charge in [-0.1, -0.05) is 0 Å². The summed E-state index contributed by atoms with van der Waals surface area (Å²) in [7, 11) is 0. The molecule has 6 heteroatoms. The third-order valence-electron chi connectivity index (χ3n) is 2.46. The molecule has 1 aromatic rings. The van der Waals surface area contributed by atoms with Crippen molar-refractivity contribution in [3.63, 3.8) is 0 Å². The van der Waals surface area contributed by atoms with Gasteiger partial charge in [0.15, 0.2) is 11.6 Å². The Kier molecular flexibility index (Phi) is 2.66. The van der Waals surface area contributed by atoms with Gasteiger partial charge in [-0.15, -0.1) is 0 Å². The number of hydrogen-bond acceptors (Lipinski definition) is 3. The number of aliphatic hydroxyl groups is 1. The zero-order valence-electron chi connectivity index (χ0n) is 8.91. The first-order valence-electron chi connectivity index (χ1n) is 4.95. The highest BCUT2D eigenvalue weighted by Gasteiger charge is 2.37. The van der Waals surface area contributed by atoms with Gasteiger partial charge in [0, 0.05) is 6.07 Å². The van der Waals surface area contributed by atoms with E-state index in [9.17, 15) is 23.5 Å². The van der Waals surface area contributed by atoms with Crippen molar-refractivity contribution in [1.29, 1.82) is 0 Å². The fraction of sp³-hybridized carbons (Fsp3) is 0.273. The number of aliphatic hydroxyl groups excluding tert-OH is 1. The Morgan fingerprint density at radius 1 is 1.29 bits per heavy atom. The van der Waals surface area contributed by atoms with E-state index >= 15 is 0 Å². The molecule has 1 aliphatic heterocycles. The molecule has 0 spiro atoms. The van der Waals surface area contributed by atoms with E-state index in [-0.39, 0.29) is 17.8 Å². The molecule has 0 bridgehead atoms. The smallest absolute Gasteiger partial charge is 0.299 e. The normalized spacial score (nSPS) is 16.4. The molecule has 2 rings (SSSR count). The first-order valence-corrected chi connectivity index (χ1v) is 4.95. The number of benzene rings is 1. The van der Waals surface area contributed by atoms with Crippen LogP contribution in [0.3, 0.4) is 0 Å². The molecule has 1 unspecified atom stereocenters. The number of β-amino-alcohol motifs (C(OH)–C–C–N with tert-alkyl or cyclic N) is 1. The van der Waals surface area contributed by atoms with Crippen LogP contribution < -0.4 is 4.90 Å². The average Bonchev–Trinajstić information content (AvgIpc) is 2.45. The van der Waals surface area contributed by atoms with Crippen LogP contribution in [-0.4, -0.2) is 29.4 Å². The molecule has 4 nitrogen and oxygen atoms in total. The van der Waals surface area contributed by atoms with Gasteiger partial charge in [-0.25, -0.2) is 8.78 Å². The number of amides is 1. The maximum Gasteiger partial charge on any atom is 0.299 e. The van der Waals surface area contributed by atoms with Crippen LogP contribution in [0.5, 0.6) is 0 Å². The molecule has 0 aromatic heterocycles. The summed E-state index contributed by atoms with van der Waals surface area (Å²) in [5.41, 5.74) is -0.172. The van der Waals surface area contributed by atoms with Crippen LogP contribution in [0.15, 0.2) is 12.1 Å². The fourth-order valence-corrected chi connectivity index (χ4v) is 1.73. The summed E-state index contributed by atoms with van der Waals surface area (Å²) >= 11 is 0. The number of anilines is 1. The number of ketones is 1. The number of carbonyl (C=O) groups is 2. The van der Waals surface area contributed by atoms with Gasteiger partial charge in [-0.2, -0.15) is 0 Å². The van der Waals surface area contributed by atoms with Crippen LogP contribution in [0.1, 0.15) is 17.3 Å². The zero-order valence-corrected chi connectivity index (χ0v) is 8.91. The minimum absolute atomic E-state index is 0.000185. The van der Waals surface area contributed by atoms with E-state index in [1.807, 2.05) is 0 Å². The van der Waals surface area contributed by atoms with Gasteiger partial charge in [-0.05, 0) is 13.0 Å². The second-order valence-corrected chi connectivity index (χ2v) is 3.88. The van der Waals surface area contributed by atoms with Crippen molar-refractivity contribution in [2.45, 2.75) is 13.0 Å². The molecule has 1 N–H and O–H groups in total. The molecule has 1 aromatic carbocycles. The quantitative estimate of drug-likeness (QED) is 0.782. The minimum Gasteiger partial charge on any atom is -0.392 e. The topological polar surface area (TPSA) is 57.6 Å². The van der Waals surface area contributed by atoms with Crippen LogP contribution in [0.2, 0.25) is 0 Å². The highest BCUT2D eigenvalue weighted by atomic mass is 19.2. The standard InChI is InChI=1S/C11H9F2NO3/c1-5(15)4-14-9-3-8(13)7(12)2-6(9)10(16)11(14)17/h2-3,5,15H,4H2,1H3. The van der Waals surface area contributed by atoms with Crippen LogP contribution in [0.25, 0.3) is 0 Å². The largest absolute Gasteiger partial charge is 0.392 e. The van der Waals surface area contributed by atoms with E-state index in [0.717, 1.165) is 11.0 Å². The Balaban J connectivity index is 2.52.